The summed E-state index contributed by atoms with van der Waals surface area (Å²) in [5.41, 5.74) is 1.24. The highest BCUT2D eigenvalue weighted by Crippen LogP contribution is 2.10. The number of halogens is 1. The number of methoxy groups -OCH3 is 1. The van der Waals surface area contributed by atoms with Crippen molar-refractivity contribution in [3.63, 3.8) is 0 Å². The van der Waals surface area contributed by atoms with Gasteiger partial charge in [-0.3, -0.25) is 4.79 Å². The monoisotopic (exact) mass is 444 g/mol. The van der Waals surface area contributed by atoms with Crippen LogP contribution in [-0.2, 0) is 32.1 Å². The van der Waals surface area contributed by atoms with Crippen LogP contribution in [0.4, 0.5) is 9.18 Å². The number of unbranched alkanes of at least 4 members (excludes halogenated alkanes) is 2. The topological polar surface area (TPSA) is 93.7 Å². The van der Waals surface area contributed by atoms with Crippen LogP contribution >= 0.6 is 0 Å². The number of alkyl carbamates (subject to hydrolysis) is 1. The number of nitrogens with one attached hydrogen (secondary N) is 2. The van der Waals surface area contributed by atoms with Crippen molar-refractivity contribution in [2.45, 2.75) is 44.8 Å². The van der Waals surface area contributed by atoms with Gasteiger partial charge in [-0.05, 0) is 30.0 Å². The lowest BCUT2D eigenvalue weighted by Crippen LogP contribution is -2.43. The number of amides is 2. The minimum absolute atomic E-state index is 0.0140. The number of rotatable bonds is 12. The summed E-state index contributed by atoms with van der Waals surface area (Å²) in [6.45, 7) is 0.647. The minimum atomic E-state index is -0.953. The lowest BCUT2D eigenvalue weighted by atomic mass is 10.0. The van der Waals surface area contributed by atoms with Gasteiger partial charge in [0.1, 0.15) is 18.5 Å². The van der Waals surface area contributed by atoms with Crippen molar-refractivity contribution in [1.82, 2.24) is 10.6 Å². The van der Waals surface area contributed by atoms with E-state index in [-0.39, 0.29) is 25.4 Å². The van der Waals surface area contributed by atoms with Gasteiger partial charge in [-0.25, -0.2) is 14.0 Å². The number of carbonyl (C=O) groups is 3. The molecule has 0 radical (unpaired) electrons. The summed E-state index contributed by atoms with van der Waals surface area (Å²) in [4.78, 5) is 35.9. The number of esters is 1. The van der Waals surface area contributed by atoms with Crippen molar-refractivity contribution in [2.75, 3.05) is 13.7 Å². The molecule has 0 fully saturated rings. The van der Waals surface area contributed by atoms with E-state index in [9.17, 15) is 18.8 Å². The minimum Gasteiger partial charge on any atom is -0.467 e. The predicted molar refractivity (Wildman–Crippen MR) is 117 cm³/mol. The zero-order valence-corrected chi connectivity index (χ0v) is 18.1. The summed E-state index contributed by atoms with van der Waals surface area (Å²) in [5.74, 6) is -1.38. The van der Waals surface area contributed by atoms with Crippen molar-refractivity contribution in [3.8, 4) is 0 Å². The Labute approximate surface area is 187 Å². The number of ether oxygens (including phenoxy) is 2. The molecule has 0 heterocycles. The van der Waals surface area contributed by atoms with E-state index in [1.807, 2.05) is 30.3 Å². The maximum Gasteiger partial charge on any atom is 0.407 e. The van der Waals surface area contributed by atoms with Crippen molar-refractivity contribution in [3.05, 3.63) is 71.5 Å². The molecule has 0 saturated heterocycles. The molecule has 2 aromatic carbocycles. The van der Waals surface area contributed by atoms with Gasteiger partial charge in [0.05, 0.1) is 7.11 Å². The Morgan fingerprint density at radius 3 is 2.41 bits per heavy atom. The van der Waals surface area contributed by atoms with Gasteiger partial charge < -0.3 is 20.1 Å². The summed E-state index contributed by atoms with van der Waals surface area (Å²) >= 11 is 0. The molecule has 0 unspecified atom stereocenters. The number of benzene rings is 2. The first-order chi connectivity index (χ1) is 15.5. The van der Waals surface area contributed by atoms with E-state index in [1.165, 1.54) is 13.2 Å². The van der Waals surface area contributed by atoms with Crippen LogP contribution in [0.15, 0.2) is 54.6 Å². The largest absolute Gasteiger partial charge is 0.467 e. The second kappa shape index (κ2) is 13.8. The molecule has 0 aliphatic rings. The van der Waals surface area contributed by atoms with Gasteiger partial charge >= 0.3 is 12.1 Å². The maximum absolute atomic E-state index is 13.9. The van der Waals surface area contributed by atoms with Gasteiger partial charge in [0, 0.05) is 19.4 Å². The molecule has 172 valence electrons. The van der Waals surface area contributed by atoms with Crippen molar-refractivity contribution in [2.24, 2.45) is 0 Å². The Hall–Kier alpha value is -3.42. The average Bonchev–Trinajstić information content (AvgIpc) is 2.81. The Kier molecular flexibility index (Phi) is 10.7. The van der Waals surface area contributed by atoms with Crippen molar-refractivity contribution < 1.29 is 28.2 Å². The molecule has 2 N–H and O–H groups in total. The van der Waals surface area contributed by atoms with E-state index in [2.05, 4.69) is 10.6 Å². The third-order valence-corrected chi connectivity index (χ3v) is 4.77. The van der Waals surface area contributed by atoms with Crippen LogP contribution in [0.3, 0.4) is 0 Å². The Bertz CT molecular complexity index is 876. The fraction of sp³-hybridized carbons (Fsp3) is 0.375. The Balaban J connectivity index is 1.62. The molecule has 2 amide bonds. The summed E-state index contributed by atoms with van der Waals surface area (Å²) in [6, 6.07) is 14.5. The quantitative estimate of drug-likeness (QED) is 0.386. The van der Waals surface area contributed by atoms with E-state index in [1.54, 1.807) is 18.2 Å². The zero-order valence-electron chi connectivity index (χ0n) is 18.1. The second-order valence-electron chi connectivity index (χ2n) is 7.24. The second-order valence-corrected chi connectivity index (χ2v) is 7.24. The molecule has 0 aliphatic carbocycles. The van der Waals surface area contributed by atoms with Gasteiger partial charge in [-0.15, -0.1) is 0 Å². The van der Waals surface area contributed by atoms with Gasteiger partial charge in [0.2, 0.25) is 5.91 Å². The van der Waals surface area contributed by atoms with E-state index in [0.29, 0.717) is 31.4 Å². The zero-order chi connectivity index (χ0) is 23.2. The summed E-state index contributed by atoms with van der Waals surface area (Å²) in [6.07, 6.45) is 1.72. The van der Waals surface area contributed by atoms with Crippen LogP contribution in [0.1, 0.15) is 36.8 Å². The van der Waals surface area contributed by atoms with Crippen LogP contribution in [0.2, 0.25) is 0 Å². The van der Waals surface area contributed by atoms with E-state index in [4.69, 9.17) is 9.47 Å². The number of hydrogen-bond acceptors (Lipinski definition) is 5. The van der Waals surface area contributed by atoms with Crippen LogP contribution < -0.4 is 10.6 Å². The molecule has 0 saturated carbocycles. The molecule has 1 atom stereocenters. The summed E-state index contributed by atoms with van der Waals surface area (Å²) < 4.78 is 23.7. The van der Waals surface area contributed by atoms with Crippen LogP contribution in [0.25, 0.3) is 0 Å². The average molecular weight is 445 g/mol. The highest BCUT2D eigenvalue weighted by atomic mass is 19.1. The molecule has 2 rings (SSSR count). The van der Waals surface area contributed by atoms with Crippen LogP contribution in [-0.4, -0.2) is 37.7 Å². The van der Waals surface area contributed by atoms with E-state index in [0.717, 1.165) is 5.56 Å². The number of carbonyl (C=O) groups excluding carboxylic acids is 3. The van der Waals surface area contributed by atoms with Gasteiger partial charge in [-0.1, -0.05) is 55.0 Å². The first-order valence-electron chi connectivity index (χ1n) is 10.5. The fourth-order valence-corrected chi connectivity index (χ4v) is 3.04. The van der Waals surface area contributed by atoms with E-state index < -0.39 is 23.9 Å². The third-order valence-electron chi connectivity index (χ3n) is 4.77. The SMILES string of the molecule is COC(=O)[C@@H](Cc1ccccc1F)NC(=O)CCCCCNC(=O)OCc1ccccc1. The highest BCUT2D eigenvalue weighted by Gasteiger charge is 2.23. The Morgan fingerprint density at radius 1 is 0.969 bits per heavy atom. The Morgan fingerprint density at radius 2 is 1.69 bits per heavy atom. The first kappa shape index (κ1) is 24.8. The molecule has 0 bridgehead atoms. The molecule has 7 nitrogen and oxygen atoms in total. The van der Waals surface area contributed by atoms with Gasteiger partial charge in [0.15, 0.2) is 0 Å². The fourth-order valence-electron chi connectivity index (χ4n) is 3.04. The molecule has 0 spiro atoms. The van der Waals surface area contributed by atoms with E-state index >= 15 is 0 Å². The molecule has 0 aliphatic heterocycles. The molecule has 0 aromatic heterocycles. The van der Waals surface area contributed by atoms with Crippen molar-refractivity contribution >= 4 is 18.0 Å². The van der Waals surface area contributed by atoms with Crippen LogP contribution in [0.5, 0.6) is 0 Å². The predicted octanol–water partition coefficient (Wildman–Crippen LogP) is 3.51. The first-order valence-corrected chi connectivity index (χ1v) is 10.5. The molecule has 2 aromatic rings. The molecule has 32 heavy (non-hydrogen) atoms. The lowest BCUT2D eigenvalue weighted by Gasteiger charge is -2.17. The summed E-state index contributed by atoms with van der Waals surface area (Å²) in [5, 5.41) is 5.28. The standard InChI is InChI=1S/C24H29FN2O5/c1-31-23(29)21(16-19-12-7-8-13-20(19)25)27-22(28)14-6-3-9-15-26-24(30)32-17-18-10-4-2-5-11-18/h2,4-5,7-8,10-13,21H,3,6,9,14-17H2,1H3,(H,26,30)(H,27,28)/t21-/m1/s1. The van der Waals surface area contributed by atoms with Gasteiger partial charge in [0.25, 0.3) is 0 Å². The van der Waals surface area contributed by atoms with Crippen LogP contribution in [0, 0.1) is 5.82 Å². The van der Waals surface area contributed by atoms with Crippen molar-refractivity contribution in [1.29, 1.82) is 0 Å². The highest BCUT2D eigenvalue weighted by molar-refractivity contribution is 5.84. The van der Waals surface area contributed by atoms with Gasteiger partial charge in [-0.2, -0.15) is 0 Å². The molecular weight excluding hydrogens is 415 g/mol. The number of hydrogen-bond donors (Lipinski definition) is 2. The third kappa shape index (κ3) is 9.16. The smallest absolute Gasteiger partial charge is 0.407 e. The molecular formula is C24H29FN2O5. The maximum atomic E-state index is 13.9. The molecule has 8 heteroatoms. The lowest BCUT2D eigenvalue weighted by molar-refractivity contribution is -0.145. The normalized spacial score (nSPS) is 11.3. The summed E-state index contributed by atoms with van der Waals surface area (Å²) in [7, 11) is 1.22.